The van der Waals surface area contributed by atoms with Crippen LogP contribution in [0.25, 0.3) is 0 Å². The minimum atomic E-state index is -0.639. The van der Waals surface area contributed by atoms with Crippen molar-refractivity contribution in [3.05, 3.63) is 28.1 Å². The van der Waals surface area contributed by atoms with E-state index >= 15 is 0 Å². The van der Waals surface area contributed by atoms with Gasteiger partial charge in [0, 0.05) is 24.7 Å². The molecule has 1 fully saturated rings. The molecule has 1 N–H and O–H groups in total. The van der Waals surface area contributed by atoms with Crippen molar-refractivity contribution in [3.8, 4) is 5.75 Å². The number of rotatable bonds is 4. The van der Waals surface area contributed by atoms with Crippen LogP contribution in [0.4, 0.5) is 15.8 Å². The summed E-state index contributed by atoms with van der Waals surface area (Å²) in [6, 6.07) is 2.34. The maximum Gasteiger partial charge on any atom is 0.313 e. The van der Waals surface area contributed by atoms with Crippen LogP contribution in [0.5, 0.6) is 5.75 Å². The molecule has 1 aliphatic rings. The van der Waals surface area contributed by atoms with E-state index in [4.69, 9.17) is 4.74 Å². The highest BCUT2D eigenvalue weighted by atomic mass is 19.1. The second-order valence-electron chi connectivity index (χ2n) is 5.53. The lowest BCUT2D eigenvalue weighted by molar-refractivity contribution is -0.385. The van der Waals surface area contributed by atoms with Gasteiger partial charge in [-0.3, -0.25) is 10.1 Å². The van der Waals surface area contributed by atoms with Gasteiger partial charge in [-0.1, -0.05) is 0 Å². The molecule has 0 bridgehead atoms. The summed E-state index contributed by atoms with van der Waals surface area (Å²) in [4.78, 5) is 12.1. The molecule has 6 nitrogen and oxygen atoms in total. The van der Waals surface area contributed by atoms with E-state index in [0.29, 0.717) is 18.8 Å². The average Bonchev–Trinajstić information content (AvgIpc) is 2.48. The number of nitro benzene ring substituents is 1. The highest BCUT2D eigenvalue weighted by Gasteiger charge is 2.30. The fourth-order valence-electron chi connectivity index (χ4n) is 2.57. The van der Waals surface area contributed by atoms with Gasteiger partial charge in [-0.05, 0) is 26.8 Å². The molecule has 1 heterocycles. The molecule has 1 aliphatic heterocycles. The van der Waals surface area contributed by atoms with Gasteiger partial charge < -0.3 is 15.0 Å². The topological polar surface area (TPSA) is 67.6 Å². The quantitative estimate of drug-likeness (QED) is 0.682. The van der Waals surface area contributed by atoms with E-state index in [1.165, 1.54) is 13.2 Å². The fourth-order valence-corrected chi connectivity index (χ4v) is 2.57. The minimum Gasteiger partial charge on any atom is -0.490 e. The number of anilines is 1. The number of halogens is 1. The summed E-state index contributed by atoms with van der Waals surface area (Å²) in [5.74, 6) is -0.506. The van der Waals surface area contributed by atoms with Gasteiger partial charge in [0.15, 0.2) is 11.6 Å². The molecule has 116 valence electrons. The zero-order valence-corrected chi connectivity index (χ0v) is 12.5. The molecule has 21 heavy (non-hydrogen) atoms. The molecule has 1 aromatic carbocycles. The van der Waals surface area contributed by atoms with Crippen molar-refractivity contribution in [1.29, 1.82) is 0 Å². The molecule has 1 saturated heterocycles. The van der Waals surface area contributed by atoms with E-state index in [0.717, 1.165) is 18.9 Å². The Morgan fingerprint density at radius 2 is 2.05 bits per heavy atom. The highest BCUT2D eigenvalue weighted by Crippen LogP contribution is 2.36. The molecule has 0 atom stereocenters. The molecule has 0 radical (unpaired) electrons. The SMILES string of the molecule is CNC1(C)CCN(c2cc(OC)c([N+](=O)[O-])cc2F)CC1. The molecule has 0 amide bonds. The first-order valence-electron chi connectivity index (χ1n) is 6.86. The smallest absolute Gasteiger partial charge is 0.313 e. The Morgan fingerprint density at radius 1 is 1.43 bits per heavy atom. The molecular formula is C14H20FN3O3. The predicted molar refractivity (Wildman–Crippen MR) is 78.5 cm³/mol. The number of nitro groups is 1. The molecule has 0 saturated carbocycles. The van der Waals surface area contributed by atoms with Crippen molar-refractivity contribution >= 4 is 11.4 Å². The van der Waals surface area contributed by atoms with Gasteiger partial charge in [-0.25, -0.2) is 4.39 Å². The fraction of sp³-hybridized carbons (Fsp3) is 0.571. The van der Waals surface area contributed by atoms with Crippen molar-refractivity contribution in [2.75, 3.05) is 32.1 Å². The molecule has 0 aliphatic carbocycles. The van der Waals surface area contributed by atoms with Gasteiger partial charge in [0.05, 0.1) is 23.8 Å². The first kappa shape index (κ1) is 15.5. The van der Waals surface area contributed by atoms with Crippen molar-refractivity contribution in [2.45, 2.75) is 25.3 Å². The Labute approximate surface area is 123 Å². The van der Waals surface area contributed by atoms with Crippen LogP contribution < -0.4 is 15.0 Å². The molecule has 2 rings (SSSR count). The Bertz CT molecular complexity index is 543. The van der Waals surface area contributed by atoms with E-state index < -0.39 is 10.7 Å². The summed E-state index contributed by atoms with van der Waals surface area (Å²) >= 11 is 0. The van der Waals surface area contributed by atoms with Crippen LogP contribution in [0.3, 0.4) is 0 Å². The standard InChI is InChI=1S/C14H20FN3O3/c1-14(16-2)4-6-17(7-5-14)11-9-13(21-3)12(18(19)20)8-10(11)15/h8-9,16H,4-7H2,1-3H3. The van der Waals surface area contributed by atoms with E-state index in [2.05, 4.69) is 12.2 Å². The number of methoxy groups -OCH3 is 1. The largest absolute Gasteiger partial charge is 0.490 e. The maximum atomic E-state index is 14.2. The first-order chi connectivity index (χ1) is 9.90. The van der Waals surface area contributed by atoms with Gasteiger partial charge >= 0.3 is 5.69 Å². The summed E-state index contributed by atoms with van der Waals surface area (Å²) in [6.45, 7) is 3.52. The Balaban J connectivity index is 2.27. The van der Waals surface area contributed by atoms with Crippen LogP contribution in [-0.2, 0) is 0 Å². The summed E-state index contributed by atoms with van der Waals surface area (Å²) < 4.78 is 19.2. The van der Waals surface area contributed by atoms with E-state index in [1.54, 1.807) is 0 Å². The van der Waals surface area contributed by atoms with E-state index in [9.17, 15) is 14.5 Å². The van der Waals surface area contributed by atoms with E-state index in [1.807, 2.05) is 11.9 Å². The summed E-state index contributed by atoms with van der Waals surface area (Å²) in [6.07, 6.45) is 1.75. The van der Waals surface area contributed by atoms with Crippen molar-refractivity contribution < 1.29 is 14.1 Å². The molecule has 7 heteroatoms. The summed E-state index contributed by atoms with van der Waals surface area (Å²) in [5, 5.41) is 14.2. The van der Waals surface area contributed by atoms with Gasteiger partial charge in [-0.2, -0.15) is 0 Å². The maximum absolute atomic E-state index is 14.2. The number of nitrogens with one attached hydrogen (secondary N) is 1. The van der Waals surface area contributed by atoms with Gasteiger partial charge in [0.2, 0.25) is 0 Å². The number of piperidine rings is 1. The van der Waals surface area contributed by atoms with Crippen LogP contribution in [0.2, 0.25) is 0 Å². The predicted octanol–water partition coefficient (Wildman–Crippen LogP) is 2.32. The van der Waals surface area contributed by atoms with Crippen LogP contribution >= 0.6 is 0 Å². The molecule has 0 spiro atoms. The normalized spacial score (nSPS) is 17.6. The monoisotopic (exact) mass is 297 g/mol. The third-order valence-corrected chi connectivity index (χ3v) is 4.26. The summed E-state index contributed by atoms with van der Waals surface area (Å²) in [7, 11) is 3.27. The third-order valence-electron chi connectivity index (χ3n) is 4.26. The van der Waals surface area contributed by atoms with Crippen LogP contribution in [0.1, 0.15) is 19.8 Å². The Kier molecular flexibility index (Phi) is 4.32. The lowest BCUT2D eigenvalue weighted by Crippen LogP contribution is -2.50. The highest BCUT2D eigenvalue weighted by molar-refractivity contribution is 5.60. The lowest BCUT2D eigenvalue weighted by Gasteiger charge is -2.40. The third kappa shape index (κ3) is 3.07. The van der Waals surface area contributed by atoms with E-state index in [-0.39, 0.29) is 17.0 Å². The van der Waals surface area contributed by atoms with Gasteiger partial charge in [0.1, 0.15) is 0 Å². The van der Waals surface area contributed by atoms with Crippen LogP contribution in [0.15, 0.2) is 12.1 Å². The lowest BCUT2D eigenvalue weighted by atomic mass is 9.89. The van der Waals surface area contributed by atoms with Crippen molar-refractivity contribution in [3.63, 3.8) is 0 Å². The molecule has 0 unspecified atom stereocenters. The Morgan fingerprint density at radius 3 is 2.52 bits per heavy atom. The van der Waals surface area contributed by atoms with Gasteiger partial charge in [0.25, 0.3) is 0 Å². The van der Waals surface area contributed by atoms with Crippen molar-refractivity contribution in [1.82, 2.24) is 5.32 Å². The number of ether oxygens (including phenoxy) is 1. The van der Waals surface area contributed by atoms with Crippen LogP contribution in [-0.4, -0.2) is 37.7 Å². The summed E-state index contributed by atoms with van der Waals surface area (Å²) in [5.41, 5.74) is 0.0594. The molecule has 0 aromatic heterocycles. The second kappa shape index (κ2) is 5.85. The molecule has 1 aromatic rings. The Hall–Kier alpha value is -1.89. The average molecular weight is 297 g/mol. The van der Waals surface area contributed by atoms with Crippen LogP contribution in [0, 0.1) is 15.9 Å². The zero-order valence-electron chi connectivity index (χ0n) is 12.5. The number of benzene rings is 1. The number of nitrogens with zero attached hydrogens (tertiary/aromatic N) is 2. The minimum absolute atomic E-state index is 0.0534. The zero-order chi connectivity index (χ0) is 15.6. The van der Waals surface area contributed by atoms with Gasteiger partial charge in [-0.15, -0.1) is 0 Å². The number of hydrogen-bond donors (Lipinski definition) is 1. The van der Waals surface area contributed by atoms with Crippen molar-refractivity contribution in [2.24, 2.45) is 0 Å². The number of hydrogen-bond acceptors (Lipinski definition) is 5. The first-order valence-corrected chi connectivity index (χ1v) is 6.86. The second-order valence-corrected chi connectivity index (χ2v) is 5.53. The molecular weight excluding hydrogens is 277 g/mol.